The van der Waals surface area contributed by atoms with Crippen molar-refractivity contribution in [2.75, 3.05) is 0 Å². The molecule has 0 spiro atoms. The molecule has 0 saturated carbocycles. The second-order valence-corrected chi connectivity index (χ2v) is 1.47. The molecule has 0 unspecified atom stereocenters. The van der Waals surface area contributed by atoms with Gasteiger partial charge in [0.05, 0.1) is 6.26 Å². The van der Waals surface area contributed by atoms with Crippen LogP contribution in [-0.4, -0.2) is 19.3 Å². The minimum atomic E-state index is -2.61. The van der Waals surface area contributed by atoms with Gasteiger partial charge in [-0.3, -0.25) is 13.9 Å². The molecule has 0 radical (unpaired) electrons. The number of carbonyl (C=O) groups excluding carboxylic acids is 1. The monoisotopic (exact) mass is 168 g/mol. The summed E-state index contributed by atoms with van der Waals surface area (Å²) in [4.78, 5) is 9.75. The molecule has 0 saturated heterocycles. The Morgan fingerprint density at radius 2 is 2.00 bits per heavy atom. The van der Waals surface area contributed by atoms with Crippen LogP contribution < -0.4 is 0 Å². The van der Waals surface area contributed by atoms with Crippen molar-refractivity contribution in [1.29, 1.82) is 0 Å². The van der Waals surface area contributed by atoms with Crippen LogP contribution in [0.4, 0.5) is 0 Å². The first-order valence-electron chi connectivity index (χ1n) is 2.08. The zero-order valence-corrected chi connectivity index (χ0v) is 6.13. The fourth-order valence-corrected chi connectivity index (χ4v) is 0.117. The molecule has 0 amide bonds. The highest BCUT2D eigenvalue weighted by molar-refractivity contribution is 7.73. The predicted octanol–water partition coefficient (Wildman–Crippen LogP) is 0.374. The second-order valence-electron chi connectivity index (χ2n) is 1.01. The summed E-state index contributed by atoms with van der Waals surface area (Å²) in [7, 11) is 0. The van der Waals surface area contributed by atoms with Crippen LogP contribution in [0, 0.1) is 0 Å². The van der Waals surface area contributed by atoms with Gasteiger partial charge in [0.15, 0.2) is 0 Å². The van der Waals surface area contributed by atoms with Gasteiger partial charge in [0.25, 0.3) is 11.4 Å². The molecule has 6 heteroatoms. The van der Waals surface area contributed by atoms with E-state index in [4.69, 9.17) is 13.3 Å². The van der Waals surface area contributed by atoms with Gasteiger partial charge < -0.3 is 4.74 Å². The third kappa shape index (κ3) is 55.2. The summed E-state index contributed by atoms with van der Waals surface area (Å²) >= 11 is -2.61. The zero-order chi connectivity index (χ0) is 8.57. The molecule has 0 fully saturated rings. The molecule has 0 aliphatic rings. The molecule has 0 aliphatic carbocycles. The lowest BCUT2D eigenvalue weighted by atomic mass is 10.8. The summed E-state index contributed by atoms with van der Waals surface area (Å²) in [6.07, 6.45) is 1.10. The van der Waals surface area contributed by atoms with Crippen LogP contribution in [-0.2, 0) is 20.9 Å². The van der Waals surface area contributed by atoms with Gasteiger partial charge in [0.2, 0.25) is 0 Å². The Balaban J connectivity index is 0. The van der Waals surface area contributed by atoms with E-state index in [1.807, 2.05) is 0 Å². The van der Waals surface area contributed by atoms with Crippen molar-refractivity contribution in [2.45, 2.75) is 6.92 Å². The minimum absolute atomic E-state index is 0.329. The van der Waals surface area contributed by atoms with Crippen molar-refractivity contribution < 1.29 is 22.8 Å². The van der Waals surface area contributed by atoms with E-state index in [1.54, 1.807) is 0 Å². The van der Waals surface area contributed by atoms with Gasteiger partial charge >= 0.3 is 5.97 Å². The Kier molecular flexibility index (Phi) is 9.94. The lowest BCUT2D eigenvalue weighted by Crippen LogP contribution is -1.87. The van der Waals surface area contributed by atoms with Crippen LogP contribution in [0.2, 0.25) is 0 Å². The van der Waals surface area contributed by atoms with Gasteiger partial charge in [-0.2, -0.15) is 4.21 Å². The van der Waals surface area contributed by atoms with E-state index in [0.29, 0.717) is 0 Å². The van der Waals surface area contributed by atoms with Crippen molar-refractivity contribution in [1.82, 2.24) is 0 Å². The standard InChI is InChI=1S/C4H6O2.H2O3S/c1-3-6-4(2)5;1-4(2)3/h3H,1H2,2H3;(H2,1,2,3). The van der Waals surface area contributed by atoms with Crippen molar-refractivity contribution in [3.05, 3.63) is 12.8 Å². The third-order valence-electron chi connectivity index (χ3n) is 0.249. The average molecular weight is 168 g/mol. The summed E-state index contributed by atoms with van der Waals surface area (Å²) in [6, 6.07) is 0. The smallest absolute Gasteiger partial charge is 0.307 e. The molecule has 0 aromatic heterocycles. The molecule has 10 heavy (non-hydrogen) atoms. The number of carbonyl (C=O) groups is 1. The highest BCUT2D eigenvalue weighted by Crippen LogP contribution is 1.70. The Hall–Kier alpha value is -0.720. The number of esters is 1. The predicted molar refractivity (Wildman–Crippen MR) is 35.4 cm³/mol. The van der Waals surface area contributed by atoms with E-state index >= 15 is 0 Å². The van der Waals surface area contributed by atoms with E-state index in [-0.39, 0.29) is 5.97 Å². The maximum Gasteiger partial charge on any atom is 0.307 e. The first kappa shape index (κ1) is 12.0. The first-order chi connectivity index (χ1) is 4.50. The summed E-state index contributed by atoms with van der Waals surface area (Å²) in [6.45, 7) is 4.48. The van der Waals surface area contributed by atoms with Gasteiger partial charge in [0.1, 0.15) is 0 Å². The number of hydrogen-bond acceptors (Lipinski definition) is 3. The topological polar surface area (TPSA) is 83.8 Å². The number of hydrogen-bond donors (Lipinski definition) is 2. The molecule has 0 heterocycles. The minimum Gasteiger partial charge on any atom is -0.435 e. The highest BCUT2D eigenvalue weighted by Gasteiger charge is 1.79. The maximum atomic E-state index is 9.75. The molecular formula is C4H8O5S. The van der Waals surface area contributed by atoms with Gasteiger partial charge in [-0.25, -0.2) is 0 Å². The summed E-state index contributed by atoms with van der Waals surface area (Å²) in [5.41, 5.74) is 0. The Labute approximate surface area is 60.8 Å². The van der Waals surface area contributed by atoms with Crippen molar-refractivity contribution >= 4 is 17.3 Å². The largest absolute Gasteiger partial charge is 0.435 e. The van der Waals surface area contributed by atoms with Crippen LogP contribution in [0.15, 0.2) is 12.8 Å². The fourth-order valence-electron chi connectivity index (χ4n) is 0.117. The molecule has 0 aromatic carbocycles. The zero-order valence-electron chi connectivity index (χ0n) is 5.31. The molecule has 60 valence electrons. The molecule has 0 bridgehead atoms. The highest BCUT2D eigenvalue weighted by atomic mass is 32.2. The lowest BCUT2D eigenvalue weighted by Gasteiger charge is -1.83. The molecule has 2 N–H and O–H groups in total. The third-order valence-corrected chi connectivity index (χ3v) is 0.249. The number of ether oxygens (including phenoxy) is 1. The van der Waals surface area contributed by atoms with Crippen molar-refractivity contribution in [3.63, 3.8) is 0 Å². The summed E-state index contributed by atoms with van der Waals surface area (Å²) < 4.78 is 27.0. The molecule has 0 aromatic rings. The Morgan fingerprint density at radius 3 is 2.00 bits per heavy atom. The summed E-state index contributed by atoms with van der Waals surface area (Å²) in [5, 5.41) is 0. The van der Waals surface area contributed by atoms with E-state index in [0.717, 1.165) is 6.26 Å². The molecular weight excluding hydrogens is 160 g/mol. The van der Waals surface area contributed by atoms with E-state index < -0.39 is 11.4 Å². The van der Waals surface area contributed by atoms with Gasteiger partial charge in [-0.15, -0.1) is 0 Å². The van der Waals surface area contributed by atoms with Gasteiger partial charge in [-0.05, 0) is 0 Å². The van der Waals surface area contributed by atoms with Crippen molar-refractivity contribution in [2.24, 2.45) is 0 Å². The van der Waals surface area contributed by atoms with E-state index in [2.05, 4.69) is 11.3 Å². The fraction of sp³-hybridized carbons (Fsp3) is 0.250. The van der Waals surface area contributed by atoms with Crippen LogP contribution in [0.25, 0.3) is 0 Å². The molecule has 5 nitrogen and oxygen atoms in total. The Bertz CT molecular complexity index is 128. The van der Waals surface area contributed by atoms with Gasteiger partial charge in [-0.1, -0.05) is 6.58 Å². The van der Waals surface area contributed by atoms with Crippen molar-refractivity contribution in [3.8, 4) is 0 Å². The molecule has 0 atom stereocenters. The SMILES string of the molecule is C=COC(C)=O.O=S(O)O. The van der Waals surface area contributed by atoms with Gasteiger partial charge in [0, 0.05) is 6.92 Å². The van der Waals surface area contributed by atoms with Crippen LogP contribution in [0.5, 0.6) is 0 Å². The van der Waals surface area contributed by atoms with E-state index in [9.17, 15) is 4.79 Å². The normalized spacial score (nSPS) is 7.60. The molecule has 0 rings (SSSR count). The molecule has 0 aliphatic heterocycles. The average Bonchev–Trinajstić information content (AvgIpc) is 1.62. The van der Waals surface area contributed by atoms with Crippen LogP contribution in [0.1, 0.15) is 6.92 Å². The van der Waals surface area contributed by atoms with Crippen LogP contribution in [0.3, 0.4) is 0 Å². The number of rotatable bonds is 1. The maximum absolute atomic E-state index is 9.75. The Morgan fingerprint density at radius 1 is 1.70 bits per heavy atom. The van der Waals surface area contributed by atoms with E-state index in [1.165, 1.54) is 6.92 Å². The second kappa shape index (κ2) is 8.28. The first-order valence-corrected chi connectivity index (χ1v) is 3.15. The van der Waals surface area contributed by atoms with Crippen LogP contribution >= 0.6 is 0 Å². The lowest BCUT2D eigenvalue weighted by molar-refractivity contribution is -0.135. The summed E-state index contributed by atoms with van der Waals surface area (Å²) in [5.74, 6) is -0.329. The quantitative estimate of drug-likeness (QED) is 0.336.